The van der Waals surface area contributed by atoms with Gasteiger partial charge in [0.1, 0.15) is 0 Å². The van der Waals surface area contributed by atoms with Crippen LogP contribution in [0.25, 0.3) is 0 Å². The third-order valence-corrected chi connectivity index (χ3v) is 10.3. The van der Waals surface area contributed by atoms with Crippen molar-refractivity contribution < 1.29 is 25.2 Å². The zero-order valence-electron chi connectivity index (χ0n) is 18.1. The summed E-state index contributed by atoms with van der Waals surface area (Å²) < 4.78 is 0. The molecule has 0 spiro atoms. The van der Waals surface area contributed by atoms with Crippen LogP contribution in [-0.4, -0.2) is 45.2 Å². The average molecular weight is 409 g/mol. The van der Waals surface area contributed by atoms with Crippen molar-refractivity contribution in [1.29, 1.82) is 0 Å². The van der Waals surface area contributed by atoms with E-state index in [9.17, 15) is 20.1 Å². The van der Waals surface area contributed by atoms with E-state index in [-0.39, 0.29) is 47.9 Å². The number of fused-ring (bicyclic) bond motifs is 5. The Bertz CT molecular complexity index is 622. The first kappa shape index (κ1) is 21.6. The van der Waals surface area contributed by atoms with Gasteiger partial charge in [-0.2, -0.15) is 0 Å². The lowest BCUT2D eigenvalue weighted by Gasteiger charge is -2.62. The van der Waals surface area contributed by atoms with Crippen LogP contribution in [0.4, 0.5) is 0 Å². The summed E-state index contributed by atoms with van der Waals surface area (Å²) in [7, 11) is 0. The van der Waals surface area contributed by atoms with E-state index in [1.54, 1.807) is 0 Å². The second kappa shape index (κ2) is 7.80. The van der Waals surface area contributed by atoms with Gasteiger partial charge in [-0.25, -0.2) is 0 Å². The van der Waals surface area contributed by atoms with Crippen molar-refractivity contribution >= 4 is 5.97 Å². The summed E-state index contributed by atoms with van der Waals surface area (Å²) in [5, 5.41) is 40.8. The second-order valence-electron chi connectivity index (χ2n) is 11.3. The highest BCUT2D eigenvalue weighted by Gasteiger charge is 2.63. The van der Waals surface area contributed by atoms with Gasteiger partial charge in [0.25, 0.3) is 0 Å². The molecule has 10 atom stereocenters. The molecule has 4 aliphatic carbocycles. The molecule has 29 heavy (non-hydrogen) atoms. The summed E-state index contributed by atoms with van der Waals surface area (Å²) >= 11 is 0. The fraction of sp³-hybridized carbons (Fsp3) is 0.958. The minimum absolute atomic E-state index is 0.0126. The highest BCUT2D eigenvalue weighted by Crippen LogP contribution is 2.68. The second-order valence-corrected chi connectivity index (χ2v) is 11.3. The Labute approximate surface area is 174 Å². The van der Waals surface area contributed by atoms with Gasteiger partial charge in [-0.15, -0.1) is 0 Å². The monoisotopic (exact) mass is 408 g/mol. The van der Waals surface area contributed by atoms with Crippen LogP contribution in [0.2, 0.25) is 0 Å². The van der Waals surface area contributed by atoms with Crippen molar-refractivity contribution in [2.75, 3.05) is 6.61 Å². The van der Waals surface area contributed by atoms with Crippen LogP contribution in [0.15, 0.2) is 0 Å². The maximum atomic E-state index is 11.5. The molecule has 5 heteroatoms. The minimum Gasteiger partial charge on any atom is -0.481 e. The number of carboxylic acid groups (broad SMARTS) is 1. The maximum Gasteiger partial charge on any atom is 0.303 e. The van der Waals surface area contributed by atoms with Gasteiger partial charge >= 0.3 is 5.97 Å². The highest BCUT2D eigenvalue weighted by molar-refractivity contribution is 5.66. The molecule has 0 saturated heterocycles. The number of aliphatic hydroxyl groups is 3. The Morgan fingerprint density at radius 1 is 1.03 bits per heavy atom. The Morgan fingerprint density at radius 2 is 1.79 bits per heavy atom. The number of carboxylic acids is 1. The number of rotatable bonds is 5. The number of carbonyl (C=O) groups is 1. The lowest BCUT2D eigenvalue weighted by molar-refractivity contribution is -0.176. The molecule has 0 aliphatic heterocycles. The summed E-state index contributed by atoms with van der Waals surface area (Å²) in [6.07, 6.45) is 8.20. The van der Waals surface area contributed by atoms with E-state index in [0.717, 1.165) is 38.5 Å². The number of aliphatic carboxylic acids is 1. The summed E-state index contributed by atoms with van der Waals surface area (Å²) in [4.78, 5) is 11.1. The van der Waals surface area contributed by atoms with Crippen molar-refractivity contribution in [3.63, 3.8) is 0 Å². The molecular weight excluding hydrogens is 368 g/mol. The van der Waals surface area contributed by atoms with Crippen LogP contribution in [0.5, 0.6) is 0 Å². The predicted molar refractivity (Wildman–Crippen MR) is 110 cm³/mol. The fourth-order valence-corrected chi connectivity index (χ4v) is 8.73. The van der Waals surface area contributed by atoms with Crippen molar-refractivity contribution in [2.24, 2.45) is 46.3 Å². The SMILES string of the molecule is C[C@]12CC[C@@H](O)C[C@H]1CC[C@@H]1[C@@H]2C[C@H](O)[C@]2(C)[C@@H]([C@H](CO)CCC(=O)O)CC[C@@H]12. The van der Waals surface area contributed by atoms with Gasteiger partial charge in [-0.1, -0.05) is 13.8 Å². The van der Waals surface area contributed by atoms with Crippen molar-refractivity contribution in [1.82, 2.24) is 0 Å². The maximum absolute atomic E-state index is 11.5. The molecular formula is C24H40O5. The third kappa shape index (κ3) is 3.36. The van der Waals surface area contributed by atoms with Gasteiger partial charge in [0, 0.05) is 13.0 Å². The first-order chi connectivity index (χ1) is 13.7. The van der Waals surface area contributed by atoms with Crippen molar-refractivity contribution in [2.45, 2.75) is 90.3 Å². The van der Waals surface area contributed by atoms with E-state index in [1.807, 2.05) is 0 Å². The van der Waals surface area contributed by atoms with Gasteiger partial charge in [0.15, 0.2) is 0 Å². The minimum atomic E-state index is -0.807. The largest absolute Gasteiger partial charge is 0.481 e. The quantitative estimate of drug-likeness (QED) is 0.559. The van der Waals surface area contributed by atoms with Gasteiger partial charge in [-0.3, -0.25) is 4.79 Å². The smallest absolute Gasteiger partial charge is 0.303 e. The zero-order valence-corrected chi connectivity index (χ0v) is 18.1. The Balaban J connectivity index is 1.58. The van der Waals surface area contributed by atoms with E-state index in [4.69, 9.17) is 5.11 Å². The molecule has 4 saturated carbocycles. The van der Waals surface area contributed by atoms with E-state index in [0.29, 0.717) is 30.1 Å². The van der Waals surface area contributed by atoms with Crippen LogP contribution >= 0.6 is 0 Å². The Morgan fingerprint density at radius 3 is 2.48 bits per heavy atom. The molecule has 4 fully saturated rings. The Hall–Kier alpha value is -0.650. The van der Waals surface area contributed by atoms with Crippen molar-refractivity contribution in [3.8, 4) is 0 Å². The van der Waals surface area contributed by atoms with Gasteiger partial charge < -0.3 is 20.4 Å². The molecule has 4 rings (SSSR count). The van der Waals surface area contributed by atoms with Crippen LogP contribution in [0, 0.1) is 46.3 Å². The van der Waals surface area contributed by atoms with Crippen LogP contribution in [0.1, 0.15) is 78.1 Å². The van der Waals surface area contributed by atoms with E-state index >= 15 is 0 Å². The molecule has 4 aliphatic rings. The number of hydrogen-bond donors (Lipinski definition) is 4. The van der Waals surface area contributed by atoms with E-state index < -0.39 is 5.97 Å². The lowest BCUT2D eigenvalue weighted by Crippen LogP contribution is -2.59. The summed E-state index contributed by atoms with van der Waals surface area (Å²) in [5.74, 6) is 1.52. The van der Waals surface area contributed by atoms with Crippen LogP contribution in [0.3, 0.4) is 0 Å². The topological polar surface area (TPSA) is 98.0 Å². The summed E-state index contributed by atoms with van der Waals surface area (Å²) in [5.41, 5.74) is 0.00662. The predicted octanol–water partition coefficient (Wildman–Crippen LogP) is 3.45. The van der Waals surface area contributed by atoms with E-state index in [1.165, 1.54) is 12.8 Å². The molecule has 0 aromatic heterocycles. The Kier molecular flexibility index (Phi) is 5.80. The van der Waals surface area contributed by atoms with Crippen LogP contribution in [-0.2, 0) is 4.79 Å². The summed E-state index contributed by atoms with van der Waals surface area (Å²) in [6.45, 7) is 4.67. The van der Waals surface area contributed by atoms with Gasteiger partial charge in [0.05, 0.1) is 12.2 Å². The first-order valence-corrected chi connectivity index (χ1v) is 11.9. The molecule has 4 N–H and O–H groups in total. The average Bonchev–Trinajstić information content (AvgIpc) is 3.03. The van der Waals surface area contributed by atoms with Gasteiger partial charge in [0.2, 0.25) is 0 Å². The molecule has 0 amide bonds. The number of aliphatic hydroxyl groups excluding tert-OH is 3. The number of hydrogen-bond acceptors (Lipinski definition) is 4. The highest BCUT2D eigenvalue weighted by atomic mass is 16.4. The van der Waals surface area contributed by atoms with Gasteiger partial charge in [-0.05, 0) is 104 Å². The summed E-state index contributed by atoms with van der Waals surface area (Å²) in [6, 6.07) is 0. The first-order valence-electron chi connectivity index (χ1n) is 11.9. The standard InChI is InChI=1S/C24H40O5/c1-23-10-9-16(26)11-15(23)4-5-17-19-7-6-18(14(13-25)3-8-22(28)29)24(19,2)21(27)12-20(17)23/h14-21,25-27H,3-13H2,1-2H3,(H,28,29)/t14-,15+,16+,17-,18+,19-,20-,21-,23-,24+/m0/s1. The molecule has 5 nitrogen and oxygen atoms in total. The fourth-order valence-electron chi connectivity index (χ4n) is 8.73. The van der Waals surface area contributed by atoms with Crippen molar-refractivity contribution in [3.05, 3.63) is 0 Å². The molecule has 0 unspecified atom stereocenters. The van der Waals surface area contributed by atoms with E-state index in [2.05, 4.69) is 13.8 Å². The molecule has 0 radical (unpaired) electrons. The molecule has 0 bridgehead atoms. The lowest BCUT2D eigenvalue weighted by atomic mass is 9.43. The molecule has 0 aromatic carbocycles. The molecule has 0 aromatic rings. The zero-order chi connectivity index (χ0) is 21.0. The molecule has 0 heterocycles. The third-order valence-electron chi connectivity index (χ3n) is 10.3. The normalized spacial score (nSPS) is 50.3. The molecule has 166 valence electrons. The van der Waals surface area contributed by atoms with Crippen LogP contribution < -0.4 is 0 Å².